The number of piperidine rings is 1. The summed E-state index contributed by atoms with van der Waals surface area (Å²) in [5, 5.41) is 6.63. The van der Waals surface area contributed by atoms with Gasteiger partial charge in [-0.15, -0.1) is 0 Å². The number of carbonyl (C=O) groups excluding carboxylic acids is 1. The van der Waals surface area contributed by atoms with E-state index in [1.54, 1.807) is 18.5 Å². The van der Waals surface area contributed by atoms with E-state index in [1.165, 1.54) is 5.56 Å². The van der Waals surface area contributed by atoms with E-state index in [9.17, 15) is 9.59 Å². The minimum atomic E-state index is 0.00800. The van der Waals surface area contributed by atoms with E-state index in [-0.39, 0.29) is 29.3 Å². The first-order valence-corrected chi connectivity index (χ1v) is 9.74. The van der Waals surface area contributed by atoms with Crippen LogP contribution in [0, 0.1) is 5.92 Å². The lowest BCUT2D eigenvalue weighted by Crippen LogP contribution is -2.51. The Hall–Kier alpha value is -3.15. The molecular formula is C22H22N4O2. The number of pyridine rings is 1. The Labute approximate surface area is 162 Å². The fourth-order valence-electron chi connectivity index (χ4n) is 4.88. The van der Waals surface area contributed by atoms with Crippen LogP contribution >= 0.6 is 0 Å². The summed E-state index contributed by atoms with van der Waals surface area (Å²) < 4.78 is 1.99. The number of nitrogens with zero attached hydrogens (tertiary/aromatic N) is 3. The van der Waals surface area contributed by atoms with Crippen molar-refractivity contribution >= 4 is 5.91 Å². The third kappa shape index (κ3) is 2.85. The third-order valence-electron chi connectivity index (χ3n) is 6.12. The van der Waals surface area contributed by atoms with Gasteiger partial charge < -0.3 is 9.47 Å². The number of amides is 1. The summed E-state index contributed by atoms with van der Waals surface area (Å²) in [4.78, 5) is 27.6. The van der Waals surface area contributed by atoms with Gasteiger partial charge in [0.25, 0.3) is 11.5 Å². The van der Waals surface area contributed by atoms with Crippen molar-refractivity contribution in [3.63, 3.8) is 0 Å². The van der Waals surface area contributed by atoms with E-state index in [2.05, 4.69) is 22.3 Å². The Kier molecular flexibility index (Phi) is 4.11. The van der Waals surface area contributed by atoms with Gasteiger partial charge in [0.15, 0.2) is 0 Å². The minimum Gasteiger partial charge on any atom is -0.338 e. The second-order valence-corrected chi connectivity index (χ2v) is 7.81. The molecule has 4 heterocycles. The first-order valence-electron chi connectivity index (χ1n) is 9.74. The molecule has 0 saturated carbocycles. The Bertz CT molecular complexity index is 1040. The molecule has 2 bridgehead atoms. The highest BCUT2D eigenvalue weighted by molar-refractivity contribution is 5.93. The lowest BCUT2D eigenvalue weighted by Gasteiger charge is -2.47. The Balaban J connectivity index is 1.53. The Morgan fingerprint density at radius 2 is 1.96 bits per heavy atom. The topological polar surface area (TPSA) is 71.0 Å². The molecule has 0 unspecified atom stereocenters. The average Bonchev–Trinajstić information content (AvgIpc) is 3.26. The van der Waals surface area contributed by atoms with Gasteiger partial charge in [0, 0.05) is 43.0 Å². The number of nitrogens with one attached hydrogen (secondary N) is 1. The molecule has 2 aliphatic heterocycles. The summed E-state index contributed by atoms with van der Waals surface area (Å²) in [5.74, 6) is 0.451. The van der Waals surface area contributed by atoms with Gasteiger partial charge in [-0.3, -0.25) is 14.7 Å². The molecule has 1 fully saturated rings. The number of H-pyrrole nitrogens is 1. The molecule has 3 aromatic rings. The van der Waals surface area contributed by atoms with Crippen molar-refractivity contribution < 1.29 is 4.79 Å². The van der Waals surface area contributed by atoms with Gasteiger partial charge in [-0.25, -0.2) is 0 Å². The van der Waals surface area contributed by atoms with Crippen LogP contribution in [0.3, 0.4) is 0 Å². The number of aromatic amines is 1. The highest BCUT2D eigenvalue weighted by Gasteiger charge is 2.41. The first-order chi connectivity index (χ1) is 13.7. The number of fused-ring (bicyclic) bond motifs is 4. The van der Waals surface area contributed by atoms with E-state index >= 15 is 0 Å². The number of aromatic nitrogens is 3. The fraction of sp³-hybridized carbons (Fsp3) is 0.318. The molecule has 142 valence electrons. The van der Waals surface area contributed by atoms with Gasteiger partial charge in [0.1, 0.15) is 0 Å². The van der Waals surface area contributed by atoms with Crippen molar-refractivity contribution in [2.24, 2.45) is 5.92 Å². The maximum atomic E-state index is 12.9. The van der Waals surface area contributed by atoms with Crippen LogP contribution in [0.2, 0.25) is 0 Å². The SMILES string of the molecule is O=C(c1cn[nH]c1)N1C[C@H]2C[C@@H](C1)[C@H](Cc1ccccc1)n1c2cccc1=O. The van der Waals surface area contributed by atoms with Crippen molar-refractivity contribution in [2.75, 3.05) is 13.1 Å². The molecule has 5 rings (SSSR count). The molecule has 2 aliphatic rings. The van der Waals surface area contributed by atoms with Crippen molar-refractivity contribution in [1.82, 2.24) is 19.7 Å². The van der Waals surface area contributed by atoms with E-state index in [4.69, 9.17) is 0 Å². The molecule has 0 spiro atoms. The fourth-order valence-corrected chi connectivity index (χ4v) is 4.88. The molecule has 0 aliphatic carbocycles. The Morgan fingerprint density at radius 3 is 2.75 bits per heavy atom. The smallest absolute Gasteiger partial charge is 0.257 e. The summed E-state index contributed by atoms with van der Waals surface area (Å²) in [7, 11) is 0. The van der Waals surface area contributed by atoms with Gasteiger partial charge in [-0.2, -0.15) is 5.10 Å². The zero-order chi connectivity index (χ0) is 19.1. The zero-order valence-corrected chi connectivity index (χ0v) is 15.5. The number of hydrogen-bond acceptors (Lipinski definition) is 3. The summed E-state index contributed by atoms with van der Waals surface area (Å²) in [5.41, 5.74) is 2.91. The predicted molar refractivity (Wildman–Crippen MR) is 105 cm³/mol. The monoisotopic (exact) mass is 374 g/mol. The highest BCUT2D eigenvalue weighted by Crippen LogP contribution is 2.42. The van der Waals surface area contributed by atoms with Crippen LogP contribution in [0.25, 0.3) is 0 Å². The van der Waals surface area contributed by atoms with Crippen molar-refractivity contribution in [3.05, 3.63) is 88.1 Å². The molecule has 2 aromatic heterocycles. The highest BCUT2D eigenvalue weighted by atomic mass is 16.2. The molecule has 6 nitrogen and oxygen atoms in total. The van der Waals surface area contributed by atoms with Crippen molar-refractivity contribution in [3.8, 4) is 0 Å². The number of likely N-dealkylation sites (tertiary alicyclic amines) is 1. The second-order valence-electron chi connectivity index (χ2n) is 7.81. The van der Waals surface area contributed by atoms with Crippen LogP contribution < -0.4 is 5.56 Å². The standard InChI is InChI=1S/C22H22N4O2/c27-21-8-4-7-19-16-10-17(14-25(13-16)22(28)18-11-23-24-12-18)20(26(19)21)9-15-5-2-1-3-6-15/h1-8,11-12,16-17,20H,9-10,13-14H2,(H,23,24)/t16-,17+,20+/m1/s1. The maximum absolute atomic E-state index is 12.9. The molecule has 28 heavy (non-hydrogen) atoms. The molecule has 6 heteroatoms. The van der Waals surface area contributed by atoms with E-state index in [0.717, 1.165) is 18.5 Å². The summed E-state index contributed by atoms with van der Waals surface area (Å²) >= 11 is 0. The van der Waals surface area contributed by atoms with Gasteiger partial charge >= 0.3 is 0 Å². The van der Waals surface area contributed by atoms with Crippen molar-refractivity contribution in [2.45, 2.75) is 24.8 Å². The number of benzene rings is 1. The van der Waals surface area contributed by atoms with Crippen LogP contribution in [0.4, 0.5) is 0 Å². The average molecular weight is 374 g/mol. The van der Waals surface area contributed by atoms with Gasteiger partial charge in [-0.1, -0.05) is 36.4 Å². The quantitative estimate of drug-likeness (QED) is 0.766. The summed E-state index contributed by atoms with van der Waals surface area (Å²) in [6, 6.07) is 15.9. The second kappa shape index (κ2) is 6.78. The largest absolute Gasteiger partial charge is 0.338 e. The zero-order valence-electron chi connectivity index (χ0n) is 15.5. The Morgan fingerprint density at radius 1 is 1.11 bits per heavy atom. The van der Waals surface area contributed by atoms with Gasteiger partial charge in [0.05, 0.1) is 11.8 Å². The van der Waals surface area contributed by atoms with Crippen LogP contribution in [-0.2, 0) is 6.42 Å². The van der Waals surface area contributed by atoms with Gasteiger partial charge in [0.2, 0.25) is 0 Å². The van der Waals surface area contributed by atoms with Crippen molar-refractivity contribution in [1.29, 1.82) is 0 Å². The van der Waals surface area contributed by atoms with Gasteiger partial charge in [-0.05, 0) is 30.4 Å². The van der Waals surface area contributed by atoms with Crippen LogP contribution in [0.1, 0.15) is 40.0 Å². The molecule has 1 N–H and O–H groups in total. The predicted octanol–water partition coefficient (Wildman–Crippen LogP) is 2.61. The summed E-state index contributed by atoms with van der Waals surface area (Å²) in [6.45, 7) is 1.31. The number of carbonyl (C=O) groups is 1. The maximum Gasteiger partial charge on any atom is 0.257 e. The normalized spacial score (nSPS) is 23.3. The lowest BCUT2D eigenvalue weighted by atomic mass is 9.76. The molecule has 0 radical (unpaired) electrons. The molecule has 1 amide bonds. The number of hydrogen-bond donors (Lipinski definition) is 1. The first kappa shape index (κ1) is 17.0. The molecular weight excluding hydrogens is 352 g/mol. The third-order valence-corrected chi connectivity index (χ3v) is 6.12. The van der Waals surface area contributed by atoms with E-state index in [1.807, 2.05) is 39.8 Å². The summed E-state index contributed by atoms with van der Waals surface area (Å²) in [6.07, 6.45) is 5.03. The minimum absolute atomic E-state index is 0.00800. The lowest BCUT2D eigenvalue weighted by molar-refractivity contribution is 0.0529. The molecule has 3 atom stereocenters. The molecule has 1 saturated heterocycles. The number of rotatable bonds is 3. The van der Waals surface area contributed by atoms with E-state index < -0.39 is 0 Å². The van der Waals surface area contributed by atoms with Crippen LogP contribution in [0.5, 0.6) is 0 Å². The molecule has 1 aromatic carbocycles. The van der Waals surface area contributed by atoms with Crippen LogP contribution in [-0.4, -0.2) is 38.7 Å². The van der Waals surface area contributed by atoms with E-state index in [0.29, 0.717) is 18.7 Å². The van der Waals surface area contributed by atoms with Crippen LogP contribution in [0.15, 0.2) is 65.7 Å².